The lowest BCUT2D eigenvalue weighted by Crippen LogP contribution is -2.55. The van der Waals surface area contributed by atoms with E-state index in [9.17, 15) is 19.5 Å². The summed E-state index contributed by atoms with van der Waals surface area (Å²) in [5.74, 6) is -2.52. The third-order valence-corrected chi connectivity index (χ3v) is 4.20. The minimum absolute atomic E-state index is 0.103. The predicted octanol–water partition coefficient (Wildman–Crippen LogP) is -1.58. The first-order chi connectivity index (χ1) is 13.1. The maximum Gasteiger partial charge on any atom is 0.326 e. The molecule has 0 aliphatic rings. The Morgan fingerprint density at radius 2 is 1.57 bits per heavy atom. The Balaban J connectivity index is 4.93. The second kappa shape index (κ2) is 13.7. The van der Waals surface area contributed by atoms with Crippen LogP contribution in [0.4, 0.5) is 0 Å². The summed E-state index contributed by atoms with van der Waals surface area (Å²) in [5.41, 5.74) is 16.5. The van der Waals surface area contributed by atoms with Crippen molar-refractivity contribution in [3.8, 4) is 0 Å². The average molecular weight is 402 g/mol. The van der Waals surface area contributed by atoms with Gasteiger partial charge in [-0.2, -0.15) is 0 Å². The molecule has 0 radical (unpaired) electrons. The van der Waals surface area contributed by atoms with Crippen molar-refractivity contribution in [2.45, 2.75) is 64.1 Å². The summed E-state index contributed by atoms with van der Waals surface area (Å²) in [7, 11) is 0. The van der Waals surface area contributed by atoms with Crippen molar-refractivity contribution in [2.24, 2.45) is 23.1 Å². The lowest BCUT2D eigenvalue weighted by Gasteiger charge is -2.24. The van der Waals surface area contributed by atoms with E-state index in [4.69, 9.17) is 22.6 Å². The molecule has 0 saturated carbocycles. The summed E-state index contributed by atoms with van der Waals surface area (Å²) >= 11 is 0. The highest BCUT2D eigenvalue weighted by Gasteiger charge is 2.28. The molecule has 2 amide bonds. The molecule has 28 heavy (non-hydrogen) atoms. The number of hydrogen-bond acceptors (Lipinski definition) is 6. The SMILES string of the molecule is CC(C)[C@H](N)C(=O)N[C@@H](CCCCN)C(=O)N[C@@H](CCCNC(=N)N)C(=O)O. The van der Waals surface area contributed by atoms with E-state index in [0.717, 1.165) is 0 Å². The molecule has 0 heterocycles. The van der Waals surface area contributed by atoms with Gasteiger partial charge in [-0.05, 0) is 44.6 Å². The number of carbonyl (C=O) groups excluding carboxylic acids is 2. The maximum atomic E-state index is 12.6. The number of hydrogen-bond donors (Lipinski definition) is 8. The molecule has 11 nitrogen and oxygen atoms in total. The maximum absolute atomic E-state index is 12.6. The molecule has 0 aliphatic carbocycles. The van der Waals surface area contributed by atoms with Crippen molar-refractivity contribution in [2.75, 3.05) is 13.1 Å². The zero-order chi connectivity index (χ0) is 21.7. The van der Waals surface area contributed by atoms with Gasteiger partial charge < -0.3 is 38.3 Å². The second-order valence-corrected chi connectivity index (χ2v) is 7.00. The zero-order valence-electron chi connectivity index (χ0n) is 16.7. The molecule has 0 saturated heterocycles. The minimum atomic E-state index is -1.18. The number of nitrogens with two attached hydrogens (primary N) is 3. The van der Waals surface area contributed by atoms with E-state index < -0.39 is 35.9 Å². The molecule has 0 fully saturated rings. The van der Waals surface area contributed by atoms with Crippen LogP contribution in [0.25, 0.3) is 0 Å². The lowest BCUT2D eigenvalue weighted by atomic mass is 10.0. The van der Waals surface area contributed by atoms with E-state index >= 15 is 0 Å². The van der Waals surface area contributed by atoms with Gasteiger partial charge in [0.15, 0.2) is 5.96 Å². The second-order valence-electron chi connectivity index (χ2n) is 7.00. The highest BCUT2D eigenvalue weighted by Crippen LogP contribution is 2.06. The third-order valence-electron chi connectivity index (χ3n) is 4.20. The normalized spacial score (nSPS) is 14.0. The number of nitrogens with one attached hydrogen (secondary N) is 4. The Morgan fingerprint density at radius 3 is 2.07 bits per heavy atom. The van der Waals surface area contributed by atoms with E-state index in [1.165, 1.54) is 0 Å². The summed E-state index contributed by atoms with van der Waals surface area (Å²) in [5, 5.41) is 24.1. The van der Waals surface area contributed by atoms with Gasteiger partial charge in [0.2, 0.25) is 11.8 Å². The molecule has 11 heteroatoms. The standard InChI is InChI=1S/C17H35N7O4/c1-10(2)13(19)15(26)23-11(6-3-4-8-18)14(25)24-12(16(27)28)7-5-9-22-17(20)21/h10-13H,3-9,18-19H2,1-2H3,(H,23,26)(H,24,25)(H,27,28)(H4,20,21,22)/t11-,12-,13-/m0/s1. The molecule has 162 valence electrons. The average Bonchev–Trinajstić information content (AvgIpc) is 2.61. The first kappa shape index (κ1) is 25.6. The lowest BCUT2D eigenvalue weighted by molar-refractivity contribution is -0.142. The van der Waals surface area contributed by atoms with Crippen molar-refractivity contribution < 1.29 is 19.5 Å². The summed E-state index contributed by atoms with van der Waals surface area (Å²) in [6.45, 7) is 4.36. The number of rotatable bonds is 14. The summed E-state index contributed by atoms with van der Waals surface area (Å²) < 4.78 is 0. The number of guanidine groups is 1. The highest BCUT2D eigenvalue weighted by atomic mass is 16.4. The van der Waals surface area contributed by atoms with Crippen LogP contribution >= 0.6 is 0 Å². The summed E-state index contributed by atoms with van der Waals surface area (Å²) in [6, 6.07) is -2.77. The van der Waals surface area contributed by atoms with Crippen LogP contribution in [0, 0.1) is 11.3 Å². The Hall–Kier alpha value is -2.40. The van der Waals surface area contributed by atoms with E-state index in [0.29, 0.717) is 38.8 Å². The molecule has 0 bridgehead atoms. The predicted molar refractivity (Wildman–Crippen MR) is 106 cm³/mol. The quantitative estimate of drug-likeness (QED) is 0.0964. The van der Waals surface area contributed by atoms with Crippen molar-refractivity contribution in [3.05, 3.63) is 0 Å². The largest absolute Gasteiger partial charge is 0.480 e. The first-order valence-electron chi connectivity index (χ1n) is 9.47. The fourth-order valence-corrected chi connectivity index (χ4v) is 2.39. The zero-order valence-corrected chi connectivity index (χ0v) is 16.7. The van der Waals surface area contributed by atoms with E-state index in [1.807, 2.05) is 0 Å². The Bertz CT molecular complexity index is 528. The van der Waals surface area contributed by atoms with E-state index in [1.54, 1.807) is 13.8 Å². The number of aliphatic carboxylic acids is 1. The van der Waals surface area contributed by atoms with Crippen molar-refractivity contribution in [1.29, 1.82) is 5.41 Å². The number of amides is 2. The smallest absolute Gasteiger partial charge is 0.326 e. The molecule has 3 atom stereocenters. The van der Waals surface area contributed by atoms with Gasteiger partial charge in [0.05, 0.1) is 6.04 Å². The molecule has 0 aromatic heterocycles. The van der Waals surface area contributed by atoms with Gasteiger partial charge in [-0.15, -0.1) is 0 Å². The van der Waals surface area contributed by atoms with Gasteiger partial charge in [-0.3, -0.25) is 15.0 Å². The topological polar surface area (TPSA) is 209 Å². The van der Waals surface area contributed by atoms with Crippen LogP contribution in [0.1, 0.15) is 46.0 Å². The van der Waals surface area contributed by atoms with Crippen molar-refractivity contribution in [3.63, 3.8) is 0 Å². The molecule has 0 aromatic rings. The van der Waals surface area contributed by atoms with Crippen LogP contribution in [0.2, 0.25) is 0 Å². The van der Waals surface area contributed by atoms with Crippen LogP contribution < -0.4 is 33.2 Å². The summed E-state index contributed by atoms with van der Waals surface area (Å²) in [6.07, 6.45) is 2.15. The molecule has 0 rings (SSSR count). The van der Waals surface area contributed by atoms with E-state index in [2.05, 4.69) is 16.0 Å². The first-order valence-corrected chi connectivity index (χ1v) is 9.47. The third kappa shape index (κ3) is 10.7. The number of unbranched alkanes of at least 4 members (excludes halogenated alkanes) is 1. The van der Waals surface area contributed by atoms with Crippen LogP contribution in [0.5, 0.6) is 0 Å². The molecular formula is C17H35N7O4. The van der Waals surface area contributed by atoms with Gasteiger partial charge in [0.25, 0.3) is 0 Å². The Morgan fingerprint density at radius 1 is 1.00 bits per heavy atom. The molecular weight excluding hydrogens is 366 g/mol. The Kier molecular flexibility index (Phi) is 12.5. The van der Waals surface area contributed by atoms with Crippen molar-refractivity contribution >= 4 is 23.7 Å². The molecule has 0 aromatic carbocycles. The van der Waals surface area contributed by atoms with E-state index in [-0.39, 0.29) is 18.3 Å². The van der Waals surface area contributed by atoms with Gasteiger partial charge >= 0.3 is 5.97 Å². The minimum Gasteiger partial charge on any atom is -0.480 e. The number of carboxylic acids is 1. The van der Waals surface area contributed by atoms with Gasteiger partial charge in [0.1, 0.15) is 12.1 Å². The van der Waals surface area contributed by atoms with Gasteiger partial charge in [0, 0.05) is 6.54 Å². The van der Waals surface area contributed by atoms with Gasteiger partial charge in [-0.1, -0.05) is 13.8 Å². The molecule has 11 N–H and O–H groups in total. The van der Waals surface area contributed by atoms with Crippen LogP contribution in [0.3, 0.4) is 0 Å². The van der Waals surface area contributed by atoms with Crippen LogP contribution in [0.15, 0.2) is 0 Å². The number of carbonyl (C=O) groups is 3. The Labute approximate surface area is 165 Å². The highest BCUT2D eigenvalue weighted by molar-refractivity contribution is 5.91. The van der Waals surface area contributed by atoms with Crippen molar-refractivity contribution in [1.82, 2.24) is 16.0 Å². The molecule has 0 unspecified atom stereocenters. The fourth-order valence-electron chi connectivity index (χ4n) is 2.39. The van der Waals surface area contributed by atoms with Gasteiger partial charge in [-0.25, -0.2) is 4.79 Å². The number of carboxylic acid groups (broad SMARTS) is 1. The fraction of sp³-hybridized carbons (Fsp3) is 0.765. The monoisotopic (exact) mass is 401 g/mol. The summed E-state index contributed by atoms with van der Waals surface area (Å²) in [4.78, 5) is 36.3. The molecule has 0 spiro atoms. The van der Waals surface area contributed by atoms with Crippen LogP contribution in [-0.2, 0) is 14.4 Å². The van der Waals surface area contributed by atoms with Crippen LogP contribution in [-0.4, -0.2) is 60.1 Å². The molecule has 0 aliphatic heterocycles.